The van der Waals surface area contributed by atoms with E-state index in [0.717, 1.165) is 6.07 Å². The Labute approximate surface area is 84.7 Å². The van der Waals surface area contributed by atoms with Crippen molar-refractivity contribution in [2.75, 3.05) is 0 Å². The molecule has 0 N–H and O–H groups in total. The van der Waals surface area contributed by atoms with E-state index in [4.69, 9.17) is 0 Å². The first-order valence-corrected chi connectivity index (χ1v) is 4.36. The molecule has 0 aromatic heterocycles. The Morgan fingerprint density at radius 3 is 1.80 bits per heavy atom. The fourth-order valence-corrected chi connectivity index (χ4v) is 0.865. The van der Waals surface area contributed by atoms with E-state index in [1.165, 1.54) is 6.92 Å². The normalized spacial score (nSPS) is 10.7. The zero-order chi connectivity index (χ0) is 12.2. The highest BCUT2D eigenvalue weighted by molar-refractivity contribution is 5.27. The summed E-state index contributed by atoms with van der Waals surface area (Å²) in [5.41, 5.74) is -1.72. The highest BCUT2D eigenvalue weighted by atomic mass is 19.4. The summed E-state index contributed by atoms with van der Waals surface area (Å²) in [6.45, 7) is 5.19. The molecule has 0 unspecified atom stereocenters. The molecule has 0 amide bonds. The molecule has 0 aliphatic rings. The zero-order valence-electron chi connectivity index (χ0n) is 8.54. The minimum Gasteiger partial charge on any atom is -0.203 e. The maximum Gasteiger partial charge on any atom is 0.419 e. The van der Waals surface area contributed by atoms with Crippen LogP contribution in [0.4, 0.5) is 22.0 Å². The van der Waals surface area contributed by atoms with Gasteiger partial charge < -0.3 is 0 Å². The van der Waals surface area contributed by atoms with E-state index in [2.05, 4.69) is 0 Å². The lowest BCUT2D eigenvalue weighted by Crippen LogP contribution is -2.10. The number of benzene rings is 1. The van der Waals surface area contributed by atoms with Crippen LogP contribution in [0.5, 0.6) is 0 Å². The predicted octanol–water partition coefficient (Wildman–Crippen LogP) is 4.32. The molecule has 0 saturated heterocycles. The van der Waals surface area contributed by atoms with Gasteiger partial charge in [-0.3, -0.25) is 0 Å². The summed E-state index contributed by atoms with van der Waals surface area (Å²) < 4.78 is 61.2. The maximum atomic E-state index is 12.7. The molecular weight excluding hydrogens is 215 g/mol. The smallest absolute Gasteiger partial charge is 0.203 e. The second-order valence-electron chi connectivity index (χ2n) is 2.56. The molecular formula is C10H11F5. The van der Waals surface area contributed by atoms with Gasteiger partial charge in [0.2, 0.25) is 0 Å². The van der Waals surface area contributed by atoms with E-state index >= 15 is 0 Å². The lowest BCUT2D eigenvalue weighted by atomic mass is 10.1. The van der Waals surface area contributed by atoms with Gasteiger partial charge in [-0.25, -0.2) is 8.78 Å². The van der Waals surface area contributed by atoms with Crippen LogP contribution in [-0.4, -0.2) is 0 Å². The Balaban J connectivity index is 0.000000921. The topological polar surface area (TPSA) is 0 Å². The molecule has 86 valence electrons. The van der Waals surface area contributed by atoms with Crippen LogP contribution >= 0.6 is 0 Å². The standard InChI is InChI=1S/C8H5F5.C2H6/c1-4-2-3-5(8(11,12)13)7(10)6(4)9;1-2/h2-3H,1H3;1-2H3. The predicted molar refractivity (Wildman–Crippen MR) is 47.4 cm³/mol. The highest BCUT2D eigenvalue weighted by Gasteiger charge is 2.35. The summed E-state index contributed by atoms with van der Waals surface area (Å²) in [4.78, 5) is 0. The van der Waals surface area contributed by atoms with Gasteiger partial charge in [-0.1, -0.05) is 19.9 Å². The van der Waals surface area contributed by atoms with Crippen molar-refractivity contribution in [3.63, 3.8) is 0 Å². The molecule has 0 fully saturated rings. The number of hydrogen-bond donors (Lipinski definition) is 0. The van der Waals surface area contributed by atoms with Gasteiger partial charge in [0.05, 0.1) is 5.56 Å². The average Bonchev–Trinajstić information content (AvgIpc) is 2.15. The molecule has 1 aromatic carbocycles. The van der Waals surface area contributed by atoms with Crippen molar-refractivity contribution >= 4 is 0 Å². The lowest BCUT2D eigenvalue weighted by molar-refractivity contribution is -0.140. The van der Waals surface area contributed by atoms with Gasteiger partial charge in [-0.05, 0) is 18.6 Å². The van der Waals surface area contributed by atoms with Gasteiger partial charge in [0.25, 0.3) is 0 Å². The first kappa shape index (κ1) is 13.9. The van der Waals surface area contributed by atoms with E-state index in [9.17, 15) is 22.0 Å². The Bertz CT molecular complexity index is 327. The third-order valence-electron chi connectivity index (χ3n) is 1.58. The lowest BCUT2D eigenvalue weighted by Gasteiger charge is -2.08. The molecule has 0 aliphatic heterocycles. The molecule has 0 bridgehead atoms. The highest BCUT2D eigenvalue weighted by Crippen LogP contribution is 2.32. The number of alkyl halides is 3. The van der Waals surface area contributed by atoms with Crippen LogP contribution in [0.25, 0.3) is 0 Å². The molecule has 0 radical (unpaired) electrons. The van der Waals surface area contributed by atoms with Crippen molar-refractivity contribution in [2.45, 2.75) is 26.9 Å². The molecule has 0 atom stereocenters. The van der Waals surface area contributed by atoms with Crippen molar-refractivity contribution in [3.8, 4) is 0 Å². The minimum atomic E-state index is -4.85. The van der Waals surface area contributed by atoms with Gasteiger partial charge in [0.15, 0.2) is 11.6 Å². The minimum absolute atomic E-state index is 0.148. The van der Waals surface area contributed by atoms with Gasteiger partial charge in [-0.15, -0.1) is 0 Å². The monoisotopic (exact) mass is 226 g/mol. The molecule has 1 aromatic rings. The van der Waals surface area contributed by atoms with Crippen molar-refractivity contribution in [1.29, 1.82) is 0 Å². The van der Waals surface area contributed by atoms with Gasteiger partial charge in [-0.2, -0.15) is 13.2 Å². The molecule has 15 heavy (non-hydrogen) atoms. The summed E-state index contributed by atoms with van der Waals surface area (Å²) in [5, 5.41) is 0. The van der Waals surface area contributed by atoms with Crippen LogP contribution in [0.1, 0.15) is 25.0 Å². The molecule has 0 heterocycles. The van der Waals surface area contributed by atoms with Crippen LogP contribution in [0.15, 0.2) is 12.1 Å². The van der Waals surface area contributed by atoms with Crippen molar-refractivity contribution in [2.24, 2.45) is 0 Å². The molecule has 0 spiro atoms. The first-order valence-electron chi connectivity index (χ1n) is 4.36. The van der Waals surface area contributed by atoms with Crippen LogP contribution in [0, 0.1) is 18.6 Å². The average molecular weight is 226 g/mol. The summed E-state index contributed by atoms with van der Waals surface area (Å²) in [6.07, 6.45) is -4.85. The van der Waals surface area contributed by atoms with E-state index in [1.54, 1.807) is 0 Å². The van der Waals surface area contributed by atoms with Gasteiger partial charge in [0, 0.05) is 0 Å². The van der Waals surface area contributed by atoms with Crippen LogP contribution < -0.4 is 0 Å². The third kappa shape index (κ3) is 3.18. The number of rotatable bonds is 0. The maximum absolute atomic E-state index is 12.7. The van der Waals surface area contributed by atoms with Crippen LogP contribution in [0.2, 0.25) is 0 Å². The zero-order valence-corrected chi connectivity index (χ0v) is 8.54. The Kier molecular flexibility index (Phi) is 4.71. The van der Waals surface area contributed by atoms with Crippen molar-refractivity contribution in [1.82, 2.24) is 0 Å². The SMILES string of the molecule is CC.Cc1ccc(C(F)(F)F)c(F)c1F. The van der Waals surface area contributed by atoms with Crippen molar-refractivity contribution < 1.29 is 22.0 Å². The summed E-state index contributed by atoms with van der Waals surface area (Å²) in [6, 6.07) is 1.41. The van der Waals surface area contributed by atoms with E-state index < -0.39 is 23.4 Å². The van der Waals surface area contributed by atoms with E-state index in [0.29, 0.717) is 6.07 Å². The van der Waals surface area contributed by atoms with Crippen LogP contribution in [0.3, 0.4) is 0 Å². The van der Waals surface area contributed by atoms with Crippen molar-refractivity contribution in [3.05, 3.63) is 34.9 Å². The summed E-state index contributed by atoms with van der Waals surface area (Å²) >= 11 is 0. The second kappa shape index (κ2) is 5.09. The fraction of sp³-hybridized carbons (Fsp3) is 0.400. The molecule has 1 rings (SSSR count). The summed E-state index contributed by atoms with van der Waals surface area (Å²) in [7, 11) is 0. The van der Waals surface area contributed by atoms with Gasteiger partial charge in [0.1, 0.15) is 0 Å². The quantitative estimate of drug-likeness (QED) is 0.578. The summed E-state index contributed by atoms with van der Waals surface area (Å²) in [5.74, 6) is -3.29. The Hall–Kier alpha value is -1.13. The molecule has 0 aliphatic carbocycles. The first-order chi connectivity index (χ1) is 6.84. The molecule has 5 heteroatoms. The third-order valence-corrected chi connectivity index (χ3v) is 1.58. The van der Waals surface area contributed by atoms with Gasteiger partial charge >= 0.3 is 6.18 Å². The number of hydrogen-bond acceptors (Lipinski definition) is 0. The molecule has 0 nitrogen and oxygen atoms in total. The van der Waals surface area contributed by atoms with E-state index in [1.807, 2.05) is 13.8 Å². The van der Waals surface area contributed by atoms with Crippen LogP contribution in [-0.2, 0) is 6.18 Å². The second-order valence-corrected chi connectivity index (χ2v) is 2.56. The Morgan fingerprint density at radius 1 is 0.933 bits per heavy atom. The Morgan fingerprint density at radius 2 is 1.40 bits per heavy atom. The number of halogens is 5. The largest absolute Gasteiger partial charge is 0.419 e. The number of aryl methyl sites for hydroxylation is 1. The fourth-order valence-electron chi connectivity index (χ4n) is 0.865. The molecule has 0 saturated carbocycles. The van der Waals surface area contributed by atoms with E-state index in [-0.39, 0.29) is 5.56 Å².